The fraction of sp³-hybridized carbons (Fsp3) is 0.316. The molecule has 2 aromatic heterocycles. The molecule has 0 fully saturated rings. The van der Waals surface area contributed by atoms with Gasteiger partial charge in [0.1, 0.15) is 0 Å². The van der Waals surface area contributed by atoms with Crippen LogP contribution in [0, 0.1) is 0 Å². The first-order valence-electron chi connectivity index (χ1n) is 8.60. The molecule has 0 aliphatic rings. The molecular weight excluding hydrogens is 316 g/mol. The fourth-order valence-electron chi connectivity index (χ4n) is 2.88. The summed E-state index contributed by atoms with van der Waals surface area (Å²) in [5.74, 6) is -0.144. The zero-order valence-electron chi connectivity index (χ0n) is 14.1. The van der Waals surface area contributed by atoms with Gasteiger partial charge in [-0.1, -0.05) is 36.3 Å². The minimum Gasteiger partial charge on any atom is -0.503 e. The summed E-state index contributed by atoms with van der Waals surface area (Å²) in [5, 5.41) is 20.6. The smallest absolute Gasteiger partial charge is 0.297 e. The van der Waals surface area contributed by atoms with E-state index in [1.54, 1.807) is 6.20 Å². The molecule has 6 nitrogen and oxygen atoms in total. The standard InChI is InChI=1S/C19H22N4O2/c24-18-15(8-4-1-2-5-9-16-14-20-22-21-16)12-13-23(19(18)25)17-10-6-3-7-11-17/h3,6-7,10-14,24H,1-2,4-5,8-9H2,(H,20,21,22). The number of unbranched alkanes of at least 4 members (excludes halogenated alkanes) is 3. The first-order valence-corrected chi connectivity index (χ1v) is 8.60. The molecule has 0 aliphatic carbocycles. The predicted molar refractivity (Wildman–Crippen MR) is 96.0 cm³/mol. The highest BCUT2D eigenvalue weighted by molar-refractivity contribution is 5.37. The molecular formula is C19H22N4O2. The zero-order valence-corrected chi connectivity index (χ0v) is 14.1. The minimum atomic E-state index is -0.366. The molecule has 25 heavy (non-hydrogen) atoms. The van der Waals surface area contributed by atoms with Gasteiger partial charge in [0.25, 0.3) is 5.56 Å². The monoisotopic (exact) mass is 338 g/mol. The minimum absolute atomic E-state index is 0.144. The van der Waals surface area contributed by atoms with E-state index in [1.165, 1.54) is 4.57 Å². The van der Waals surface area contributed by atoms with Gasteiger partial charge in [-0.25, -0.2) is 0 Å². The number of nitrogens with zero attached hydrogens (tertiary/aromatic N) is 3. The average Bonchev–Trinajstić information content (AvgIpc) is 3.15. The van der Waals surface area contributed by atoms with Crippen molar-refractivity contribution in [3.63, 3.8) is 0 Å². The quantitative estimate of drug-likeness (QED) is 0.618. The number of aryl methyl sites for hydroxylation is 2. The third kappa shape index (κ3) is 4.35. The summed E-state index contributed by atoms with van der Waals surface area (Å²) < 4.78 is 1.47. The summed E-state index contributed by atoms with van der Waals surface area (Å²) >= 11 is 0. The lowest BCUT2D eigenvalue weighted by Crippen LogP contribution is -2.18. The van der Waals surface area contributed by atoms with E-state index in [9.17, 15) is 9.90 Å². The van der Waals surface area contributed by atoms with Crippen LogP contribution in [0.5, 0.6) is 5.75 Å². The van der Waals surface area contributed by atoms with Crippen LogP contribution >= 0.6 is 0 Å². The van der Waals surface area contributed by atoms with Crippen LogP contribution in [0.25, 0.3) is 5.69 Å². The number of benzene rings is 1. The Morgan fingerprint density at radius 1 is 1.00 bits per heavy atom. The van der Waals surface area contributed by atoms with E-state index in [2.05, 4.69) is 15.4 Å². The van der Waals surface area contributed by atoms with Crippen LogP contribution in [0.4, 0.5) is 0 Å². The lowest BCUT2D eigenvalue weighted by molar-refractivity contribution is 0.454. The molecule has 0 atom stereocenters. The number of hydrogen-bond donors (Lipinski definition) is 2. The Morgan fingerprint density at radius 2 is 1.76 bits per heavy atom. The molecule has 3 rings (SSSR count). The molecule has 6 heteroatoms. The molecule has 2 heterocycles. The number of pyridine rings is 1. The molecule has 0 saturated heterocycles. The van der Waals surface area contributed by atoms with Gasteiger partial charge < -0.3 is 5.11 Å². The number of para-hydroxylation sites is 1. The molecule has 3 aromatic rings. The second kappa shape index (κ2) is 8.28. The van der Waals surface area contributed by atoms with E-state index < -0.39 is 0 Å². The number of nitrogens with one attached hydrogen (secondary N) is 1. The topological polar surface area (TPSA) is 83.8 Å². The molecule has 0 saturated carbocycles. The van der Waals surface area contributed by atoms with Crippen molar-refractivity contribution in [2.45, 2.75) is 38.5 Å². The Labute approximate surface area is 146 Å². The van der Waals surface area contributed by atoms with Gasteiger partial charge in [-0.3, -0.25) is 14.5 Å². The Kier molecular flexibility index (Phi) is 5.61. The van der Waals surface area contributed by atoms with Crippen LogP contribution in [-0.4, -0.2) is 25.1 Å². The average molecular weight is 338 g/mol. The highest BCUT2D eigenvalue weighted by Gasteiger charge is 2.09. The predicted octanol–water partition coefficient (Wildman–Crippen LogP) is 3.01. The van der Waals surface area contributed by atoms with E-state index in [0.29, 0.717) is 12.0 Å². The lowest BCUT2D eigenvalue weighted by atomic mass is 10.1. The van der Waals surface area contributed by atoms with Crippen molar-refractivity contribution in [3.8, 4) is 11.4 Å². The highest BCUT2D eigenvalue weighted by Crippen LogP contribution is 2.17. The van der Waals surface area contributed by atoms with Crippen LogP contribution in [0.1, 0.15) is 36.9 Å². The van der Waals surface area contributed by atoms with Crippen LogP contribution in [0.15, 0.2) is 53.6 Å². The fourth-order valence-corrected chi connectivity index (χ4v) is 2.88. The van der Waals surface area contributed by atoms with Crippen molar-refractivity contribution in [2.75, 3.05) is 0 Å². The van der Waals surface area contributed by atoms with Gasteiger partial charge in [0.15, 0.2) is 5.75 Å². The lowest BCUT2D eigenvalue weighted by Gasteiger charge is -2.09. The van der Waals surface area contributed by atoms with Crippen molar-refractivity contribution in [1.82, 2.24) is 20.0 Å². The van der Waals surface area contributed by atoms with Gasteiger partial charge in [0, 0.05) is 23.6 Å². The number of aromatic hydroxyl groups is 1. The summed E-state index contributed by atoms with van der Waals surface area (Å²) in [6.07, 6.45) is 9.34. The van der Waals surface area contributed by atoms with Gasteiger partial charge in [0.05, 0.1) is 5.69 Å². The molecule has 1 aromatic carbocycles. The van der Waals surface area contributed by atoms with Crippen LogP contribution < -0.4 is 5.56 Å². The number of aromatic amines is 1. The van der Waals surface area contributed by atoms with Gasteiger partial charge in [-0.05, 0) is 43.9 Å². The summed E-state index contributed by atoms with van der Waals surface area (Å²) in [5.41, 5.74) is 2.09. The molecule has 0 amide bonds. The van der Waals surface area contributed by atoms with Crippen molar-refractivity contribution >= 4 is 0 Å². The van der Waals surface area contributed by atoms with E-state index in [4.69, 9.17) is 0 Å². The molecule has 2 N–H and O–H groups in total. The summed E-state index contributed by atoms with van der Waals surface area (Å²) in [6, 6.07) is 11.1. The van der Waals surface area contributed by atoms with Gasteiger partial charge in [-0.2, -0.15) is 0 Å². The van der Waals surface area contributed by atoms with Crippen molar-refractivity contribution < 1.29 is 5.11 Å². The van der Waals surface area contributed by atoms with Gasteiger partial charge >= 0.3 is 0 Å². The maximum atomic E-state index is 12.4. The Hall–Kier alpha value is -2.89. The van der Waals surface area contributed by atoms with Crippen LogP contribution in [0.3, 0.4) is 0 Å². The third-order valence-electron chi connectivity index (χ3n) is 4.28. The largest absolute Gasteiger partial charge is 0.503 e. The number of hydrogen-bond acceptors (Lipinski definition) is 4. The first kappa shape index (κ1) is 17.0. The van der Waals surface area contributed by atoms with Crippen molar-refractivity contribution in [3.05, 3.63) is 70.4 Å². The molecule has 130 valence electrons. The van der Waals surface area contributed by atoms with E-state index in [1.807, 2.05) is 42.6 Å². The maximum absolute atomic E-state index is 12.4. The molecule has 0 aliphatic heterocycles. The molecule has 0 bridgehead atoms. The maximum Gasteiger partial charge on any atom is 0.297 e. The molecule has 0 radical (unpaired) electrons. The summed E-state index contributed by atoms with van der Waals surface area (Å²) in [4.78, 5) is 12.4. The Bertz CT molecular complexity index is 842. The van der Waals surface area contributed by atoms with E-state index in [0.717, 1.165) is 43.5 Å². The summed E-state index contributed by atoms with van der Waals surface area (Å²) in [7, 11) is 0. The van der Waals surface area contributed by atoms with E-state index in [-0.39, 0.29) is 11.3 Å². The van der Waals surface area contributed by atoms with E-state index >= 15 is 0 Å². The normalized spacial score (nSPS) is 10.9. The second-order valence-corrected chi connectivity index (χ2v) is 6.08. The Balaban J connectivity index is 1.51. The molecule has 0 unspecified atom stereocenters. The van der Waals surface area contributed by atoms with Crippen molar-refractivity contribution in [1.29, 1.82) is 0 Å². The second-order valence-electron chi connectivity index (χ2n) is 6.08. The number of rotatable bonds is 8. The third-order valence-corrected chi connectivity index (χ3v) is 4.28. The highest BCUT2D eigenvalue weighted by atomic mass is 16.3. The summed E-state index contributed by atoms with van der Waals surface area (Å²) in [6.45, 7) is 0. The first-order chi connectivity index (χ1) is 12.3. The Morgan fingerprint density at radius 3 is 2.48 bits per heavy atom. The van der Waals surface area contributed by atoms with Gasteiger partial charge in [-0.15, -0.1) is 5.10 Å². The van der Waals surface area contributed by atoms with Gasteiger partial charge in [0.2, 0.25) is 0 Å². The number of H-pyrrole nitrogens is 1. The molecule has 0 spiro atoms. The SMILES string of the molecule is O=c1c(O)c(CCCCCCc2c[nH]nn2)ccn1-c1ccccc1. The van der Waals surface area contributed by atoms with Crippen molar-refractivity contribution in [2.24, 2.45) is 0 Å². The van der Waals surface area contributed by atoms with Crippen LogP contribution in [0.2, 0.25) is 0 Å². The van der Waals surface area contributed by atoms with Crippen LogP contribution in [-0.2, 0) is 12.8 Å². The number of aromatic nitrogens is 4. The zero-order chi connectivity index (χ0) is 17.5.